The maximum Gasteiger partial charge on any atom is 0.331 e. The first-order valence-electron chi connectivity index (χ1n) is 12.0. The lowest BCUT2D eigenvalue weighted by molar-refractivity contribution is -0.144. The molecule has 2 rings (SSSR count). The van der Waals surface area contributed by atoms with Crippen molar-refractivity contribution in [3.8, 4) is 0 Å². The molecule has 5 atom stereocenters. The van der Waals surface area contributed by atoms with Crippen LogP contribution in [0.4, 0.5) is 0 Å². The molecule has 1 fully saturated rings. The fraction of sp³-hybridized carbons (Fsp3) is 0.615. The number of nitrogens with one attached hydrogen (secondary N) is 1. The van der Waals surface area contributed by atoms with E-state index in [9.17, 15) is 29.4 Å². The van der Waals surface area contributed by atoms with Crippen LogP contribution in [0.5, 0.6) is 0 Å². The number of hydrogen-bond acceptors (Lipinski definition) is 7. The van der Waals surface area contributed by atoms with Gasteiger partial charge in [0.1, 0.15) is 11.9 Å². The molecule has 8 nitrogen and oxygen atoms in total. The van der Waals surface area contributed by atoms with Gasteiger partial charge in [-0.05, 0) is 50.0 Å². The number of aliphatic hydroxyl groups excluding tert-OH is 2. The number of carbonyl (C=O) groups excluding carboxylic acids is 4. The predicted octanol–water partition coefficient (Wildman–Crippen LogP) is 2.54. The van der Waals surface area contributed by atoms with Crippen molar-refractivity contribution in [1.29, 1.82) is 0 Å². The van der Waals surface area contributed by atoms with Gasteiger partial charge in [0.2, 0.25) is 11.8 Å². The molecule has 34 heavy (non-hydrogen) atoms. The van der Waals surface area contributed by atoms with Crippen molar-refractivity contribution in [2.45, 2.75) is 84.0 Å². The summed E-state index contributed by atoms with van der Waals surface area (Å²) in [6.45, 7) is 5.40. The Morgan fingerprint density at radius 1 is 1.21 bits per heavy atom. The second-order valence-corrected chi connectivity index (χ2v) is 9.55. The van der Waals surface area contributed by atoms with Crippen LogP contribution < -0.4 is 5.32 Å². The number of aliphatic hydroxyl groups is 2. The van der Waals surface area contributed by atoms with E-state index in [1.54, 1.807) is 32.1 Å². The van der Waals surface area contributed by atoms with E-state index >= 15 is 0 Å². The first-order chi connectivity index (χ1) is 16.0. The SMILES string of the molecule is C/C(=C\[C@H](C)C(=O)C[C@H](O)CC1CC(=O)NC(=O)C1)[C@@H]1OC(=O)/C=C/CC/C=C/[C@@H](O)C[C@@H]1C. The summed E-state index contributed by atoms with van der Waals surface area (Å²) in [5, 5.41) is 22.9. The lowest BCUT2D eigenvalue weighted by Gasteiger charge is -2.27. The number of allylic oxidation sites excluding steroid dienone is 3. The Morgan fingerprint density at radius 3 is 2.53 bits per heavy atom. The highest BCUT2D eigenvalue weighted by molar-refractivity contribution is 5.97. The van der Waals surface area contributed by atoms with Crippen LogP contribution >= 0.6 is 0 Å². The average Bonchev–Trinajstić information content (AvgIpc) is 2.72. The molecule has 0 aromatic carbocycles. The van der Waals surface area contributed by atoms with Gasteiger partial charge in [-0.25, -0.2) is 4.79 Å². The molecule has 188 valence electrons. The van der Waals surface area contributed by atoms with Gasteiger partial charge in [0.15, 0.2) is 0 Å². The van der Waals surface area contributed by atoms with Crippen LogP contribution in [0.15, 0.2) is 36.0 Å². The summed E-state index contributed by atoms with van der Waals surface area (Å²) in [6.07, 6.45) is 8.54. The van der Waals surface area contributed by atoms with E-state index in [0.29, 0.717) is 18.4 Å². The van der Waals surface area contributed by atoms with E-state index in [-0.39, 0.29) is 55.1 Å². The summed E-state index contributed by atoms with van der Waals surface area (Å²) < 4.78 is 5.67. The van der Waals surface area contributed by atoms with E-state index in [0.717, 1.165) is 6.42 Å². The Hall–Kier alpha value is -2.58. The summed E-state index contributed by atoms with van der Waals surface area (Å²) in [6, 6.07) is 0. The van der Waals surface area contributed by atoms with Crippen LogP contribution in [0.3, 0.4) is 0 Å². The quantitative estimate of drug-likeness (QED) is 0.293. The normalized spacial score (nSPS) is 29.1. The predicted molar refractivity (Wildman–Crippen MR) is 126 cm³/mol. The van der Waals surface area contributed by atoms with Crippen molar-refractivity contribution in [3.05, 3.63) is 36.0 Å². The maximum atomic E-state index is 12.7. The zero-order valence-electron chi connectivity index (χ0n) is 20.2. The number of carbonyl (C=O) groups is 4. The monoisotopic (exact) mass is 475 g/mol. The van der Waals surface area contributed by atoms with Crippen molar-refractivity contribution < 1.29 is 34.1 Å². The smallest absolute Gasteiger partial charge is 0.331 e. The number of hydrogen-bond donors (Lipinski definition) is 3. The second kappa shape index (κ2) is 13.3. The molecule has 2 heterocycles. The minimum atomic E-state index is -0.947. The number of imide groups is 1. The van der Waals surface area contributed by atoms with E-state index in [1.165, 1.54) is 6.08 Å². The molecular formula is C26H37NO7. The Bertz CT molecular complexity index is 828. The first kappa shape index (κ1) is 27.7. The van der Waals surface area contributed by atoms with Crippen molar-refractivity contribution in [2.75, 3.05) is 0 Å². The molecule has 0 aliphatic carbocycles. The third kappa shape index (κ3) is 9.35. The molecule has 2 aliphatic heterocycles. The lowest BCUT2D eigenvalue weighted by Crippen LogP contribution is -2.39. The van der Waals surface area contributed by atoms with Gasteiger partial charge in [0.05, 0.1) is 12.2 Å². The van der Waals surface area contributed by atoms with E-state index in [2.05, 4.69) is 5.32 Å². The van der Waals surface area contributed by atoms with Gasteiger partial charge in [-0.1, -0.05) is 38.2 Å². The number of ether oxygens (including phenoxy) is 1. The highest BCUT2D eigenvalue weighted by Gasteiger charge is 2.29. The van der Waals surface area contributed by atoms with Gasteiger partial charge < -0.3 is 14.9 Å². The second-order valence-electron chi connectivity index (χ2n) is 9.55. The molecule has 0 radical (unpaired) electrons. The minimum absolute atomic E-state index is 0.0937. The topological polar surface area (TPSA) is 130 Å². The Balaban J connectivity index is 2.02. The standard InChI is InChI=1S/C26H37NO7/c1-16(22(30)15-21(29)12-19-13-23(31)27-24(32)14-19)10-17(2)26-18(3)11-20(28)8-6-4-5-7-9-25(33)34-26/h6-10,16,18-21,26,28-29H,4-5,11-15H2,1-3H3,(H,27,31,32)/b8-6+,9-7+,17-10+/t16-,18-,20+,21+,26-/m0/s1. The van der Waals surface area contributed by atoms with Crippen LogP contribution in [0.25, 0.3) is 0 Å². The number of ketones is 1. The van der Waals surface area contributed by atoms with Crippen molar-refractivity contribution >= 4 is 23.6 Å². The summed E-state index contributed by atoms with van der Waals surface area (Å²) in [7, 11) is 0. The number of Topliss-reactive ketones (excluding diaryl/α,β-unsaturated/α-hetero) is 1. The fourth-order valence-corrected chi connectivity index (χ4v) is 4.52. The Morgan fingerprint density at radius 2 is 1.85 bits per heavy atom. The number of cyclic esters (lactones) is 1. The Labute approximate surface area is 201 Å². The molecule has 0 aromatic heterocycles. The summed E-state index contributed by atoms with van der Waals surface area (Å²) in [4.78, 5) is 48.0. The molecule has 1 saturated heterocycles. The first-order valence-corrected chi connectivity index (χ1v) is 12.0. The molecule has 2 aliphatic rings. The van der Waals surface area contributed by atoms with Gasteiger partial charge in [0.25, 0.3) is 0 Å². The number of amides is 2. The highest BCUT2D eigenvalue weighted by Crippen LogP contribution is 2.25. The van der Waals surface area contributed by atoms with Crippen LogP contribution in [-0.4, -0.2) is 52.1 Å². The van der Waals surface area contributed by atoms with Crippen LogP contribution in [0, 0.1) is 17.8 Å². The molecule has 0 saturated carbocycles. The van der Waals surface area contributed by atoms with Crippen LogP contribution in [0.1, 0.15) is 65.7 Å². The molecule has 0 aromatic rings. The van der Waals surface area contributed by atoms with Gasteiger partial charge in [-0.15, -0.1) is 0 Å². The van der Waals surface area contributed by atoms with Crippen molar-refractivity contribution in [1.82, 2.24) is 5.32 Å². The van der Waals surface area contributed by atoms with Crippen molar-refractivity contribution in [3.63, 3.8) is 0 Å². The fourth-order valence-electron chi connectivity index (χ4n) is 4.52. The van der Waals surface area contributed by atoms with Gasteiger partial charge in [-0.3, -0.25) is 19.7 Å². The van der Waals surface area contributed by atoms with Gasteiger partial charge >= 0.3 is 5.97 Å². The van der Waals surface area contributed by atoms with Crippen molar-refractivity contribution in [2.24, 2.45) is 17.8 Å². The van der Waals surface area contributed by atoms with E-state index in [1.807, 2.05) is 13.0 Å². The molecular weight excluding hydrogens is 438 g/mol. The number of piperidine rings is 1. The molecule has 8 heteroatoms. The zero-order chi connectivity index (χ0) is 25.3. The van der Waals surface area contributed by atoms with Gasteiger partial charge in [-0.2, -0.15) is 0 Å². The zero-order valence-corrected chi connectivity index (χ0v) is 20.2. The van der Waals surface area contributed by atoms with E-state index < -0.39 is 30.2 Å². The third-order valence-corrected chi connectivity index (χ3v) is 6.22. The minimum Gasteiger partial charge on any atom is -0.454 e. The Kier molecular flexibility index (Phi) is 10.9. The summed E-state index contributed by atoms with van der Waals surface area (Å²) >= 11 is 0. The third-order valence-electron chi connectivity index (χ3n) is 6.22. The molecule has 0 unspecified atom stereocenters. The van der Waals surface area contributed by atoms with Crippen LogP contribution in [-0.2, 0) is 23.9 Å². The van der Waals surface area contributed by atoms with Gasteiger partial charge in [0, 0.05) is 31.3 Å². The molecule has 0 spiro atoms. The lowest BCUT2D eigenvalue weighted by atomic mass is 9.87. The molecule has 3 N–H and O–H groups in total. The van der Waals surface area contributed by atoms with Crippen LogP contribution in [0.2, 0.25) is 0 Å². The highest BCUT2D eigenvalue weighted by atomic mass is 16.5. The molecule has 2 amide bonds. The average molecular weight is 476 g/mol. The maximum absolute atomic E-state index is 12.7. The number of esters is 1. The van der Waals surface area contributed by atoms with E-state index in [4.69, 9.17) is 4.74 Å². The molecule has 0 bridgehead atoms. The number of rotatable bonds is 7. The summed E-state index contributed by atoms with van der Waals surface area (Å²) in [5.41, 5.74) is 0.701. The largest absolute Gasteiger partial charge is 0.454 e. The summed E-state index contributed by atoms with van der Waals surface area (Å²) in [5.74, 6) is -2.36.